The molecule has 0 aromatic heterocycles. The van der Waals surface area contributed by atoms with Crippen LogP contribution >= 0.6 is 0 Å². The SMILES string of the molecule is CNC(C)(C)C.CO[SiH](OC)OC. The quantitative estimate of drug-likeness (QED) is 0.693. The van der Waals surface area contributed by atoms with Gasteiger partial charge in [-0.25, -0.2) is 0 Å². The van der Waals surface area contributed by atoms with Gasteiger partial charge in [0.05, 0.1) is 0 Å². The van der Waals surface area contributed by atoms with Crippen LogP contribution in [0.25, 0.3) is 0 Å². The van der Waals surface area contributed by atoms with Crippen LogP contribution < -0.4 is 5.32 Å². The van der Waals surface area contributed by atoms with Gasteiger partial charge in [-0.1, -0.05) is 0 Å². The minimum atomic E-state index is -1.67. The maximum Gasteiger partial charge on any atom is 0.483 e. The molecule has 0 aliphatic heterocycles. The van der Waals surface area contributed by atoms with E-state index in [9.17, 15) is 0 Å². The standard InChI is InChI=1S/C5H13N.C3H10O3Si/c1-5(2,3)6-4;1-4-7(5-2)6-3/h6H,1-4H3;7H,1-3H3. The van der Waals surface area contributed by atoms with Crippen molar-refractivity contribution in [1.82, 2.24) is 5.32 Å². The molecule has 0 saturated carbocycles. The van der Waals surface area contributed by atoms with Crippen molar-refractivity contribution in [3.63, 3.8) is 0 Å². The summed E-state index contributed by atoms with van der Waals surface area (Å²) in [7, 11) is 5.01. The van der Waals surface area contributed by atoms with Crippen molar-refractivity contribution in [3.8, 4) is 0 Å². The third-order valence-corrected chi connectivity index (χ3v) is 2.48. The van der Waals surface area contributed by atoms with E-state index < -0.39 is 9.53 Å². The molecule has 0 fully saturated rings. The molecule has 5 heteroatoms. The molecule has 1 N–H and O–H groups in total. The predicted molar refractivity (Wildman–Crippen MR) is 57.0 cm³/mol. The lowest BCUT2D eigenvalue weighted by molar-refractivity contribution is 0.163. The predicted octanol–water partition coefficient (Wildman–Crippen LogP) is 0.647. The van der Waals surface area contributed by atoms with Gasteiger partial charge in [-0.05, 0) is 27.8 Å². The summed E-state index contributed by atoms with van der Waals surface area (Å²) in [4.78, 5) is 0. The Balaban J connectivity index is 0. The van der Waals surface area contributed by atoms with Crippen LogP contribution in [-0.2, 0) is 13.3 Å². The molecule has 0 amide bonds. The smallest absolute Gasteiger partial charge is 0.379 e. The van der Waals surface area contributed by atoms with E-state index in [2.05, 4.69) is 26.1 Å². The summed E-state index contributed by atoms with van der Waals surface area (Å²) in [5.74, 6) is 0. The van der Waals surface area contributed by atoms with Crippen LogP contribution in [0, 0.1) is 0 Å². The summed E-state index contributed by atoms with van der Waals surface area (Å²) >= 11 is 0. The molecule has 0 heterocycles. The van der Waals surface area contributed by atoms with Gasteiger partial charge in [0.25, 0.3) is 0 Å². The second-order valence-corrected chi connectivity index (χ2v) is 5.49. The highest BCUT2D eigenvalue weighted by molar-refractivity contribution is 6.36. The lowest BCUT2D eigenvalue weighted by Crippen LogP contribution is -2.31. The first-order valence-electron chi connectivity index (χ1n) is 4.18. The molecule has 0 rings (SSSR count). The van der Waals surface area contributed by atoms with Gasteiger partial charge < -0.3 is 18.6 Å². The summed E-state index contributed by atoms with van der Waals surface area (Å²) in [6.07, 6.45) is 0. The first-order chi connectivity index (χ1) is 5.91. The fraction of sp³-hybridized carbons (Fsp3) is 1.00. The number of hydrogen-bond donors (Lipinski definition) is 1. The van der Waals surface area contributed by atoms with Crippen LogP contribution in [-0.4, -0.2) is 43.4 Å². The molecular weight excluding hydrogens is 186 g/mol. The molecule has 0 aromatic rings. The number of nitrogens with one attached hydrogen (secondary N) is 1. The van der Waals surface area contributed by atoms with Gasteiger partial charge in [0.1, 0.15) is 0 Å². The van der Waals surface area contributed by atoms with E-state index in [1.807, 2.05) is 7.05 Å². The van der Waals surface area contributed by atoms with E-state index in [4.69, 9.17) is 13.3 Å². The van der Waals surface area contributed by atoms with Crippen molar-refractivity contribution in [3.05, 3.63) is 0 Å². The third-order valence-electron chi connectivity index (χ3n) is 1.33. The third kappa shape index (κ3) is 14.9. The highest BCUT2D eigenvalue weighted by Crippen LogP contribution is 1.93. The minimum absolute atomic E-state index is 0.292. The van der Waals surface area contributed by atoms with Crippen LogP contribution in [0.2, 0.25) is 0 Å². The highest BCUT2D eigenvalue weighted by atomic mass is 28.3. The maximum atomic E-state index is 4.74. The fourth-order valence-corrected chi connectivity index (χ4v) is 0.866. The Hall–Kier alpha value is 0.0569. The Labute approximate surface area is 83.5 Å². The van der Waals surface area contributed by atoms with Crippen LogP contribution in [0.15, 0.2) is 0 Å². The van der Waals surface area contributed by atoms with Crippen LogP contribution in [0.4, 0.5) is 0 Å². The van der Waals surface area contributed by atoms with Crippen molar-refractivity contribution < 1.29 is 13.3 Å². The highest BCUT2D eigenvalue weighted by Gasteiger charge is 2.05. The molecule has 0 atom stereocenters. The molecule has 0 radical (unpaired) electrons. The second-order valence-electron chi connectivity index (χ2n) is 3.50. The Morgan fingerprint density at radius 3 is 1.15 bits per heavy atom. The normalized spacial score (nSPS) is 11.1. The second kappa shape index (κ2) is 8.65. The number of hydrogen-bond acceptors (Lipinski definition) is 4. The van der Waals surface area contributed by atoms with Gasteiger partial charge in [0.2, 0.25) is 0 Å². The van der Waals surface area contributed by atoms with Gasteiger partial charge in [-0.15, -0.1) is 0 Å². The van der Waals surface area contributed by atoms with Crippen LogP contribution in [0.1, 0.15) is 20.8 Å². The first kappa shape index (κ1) is 15.5. The molecule has 82 valence electrons. The Morgan fingerprint density at radius 2 is 1.15 bits per heavy atom. The lowest BCUT2D eigenvalue weighted by atomic mass is 10.1. The summed E-state index contributed by atoms with van der Waals surface area (Å²) in [6, 6.07) is 0. The van der Waals surface area contributed by atoms with Crippen molar-refractivity contribution in [1.29, 1.82) is 0 Å². The largest absolute Gasteiger partial charge is 0.483 e. The van der Waals surface area contributed by atoms with Crippen molar-refractivity contribution in [2.24, 2.45) is 0 Å². The molecule has 13 heavy (non-hydrogen) atoms. The average Bonchev–Trinajstić information content (AvgIpc) is 2.07. The van der Waals surface area contributed by atoms with Crippen molar-refractivity contribution in [2.45, 2.75) is 26.3 Å². The van der Waals surface area contributed by atoms with E-state index in [0.717, 1.165) is 0 Å². The Bertz CT molecular complexity index is 96.5. The molecule has 0 bridgehead atoms. The van der Waals surface area contributed by atoms with E-state index >= 15 is 0 Å². The molecule has 0 unspecified atom stereocenters. The van der Waals surface area contributed by atoms with Crippen LogP contribution in [0.5, 0.6) is 0 Å². The molecule has 0 saturated heterocycles. The van der Waals surface area contributed by atoms with Gasteiger partial charge in [-0.3, -0.25) is 0 Å². The summed E-state index contributed by atoms with van der Waals surface area (Å²) in [5.41, 5.74) is 0.292. The molecule has 0 aliphatic carbocycles. The first-order valence-corrected chi connectivity index (χ1v) is 5.60. The molecule has 4 nitrogen and oxygen atoms in total. The lowest BCUT2D eigenvalue weighted by Gasteiger charge is -2.15. The van der Waals surface area contributed by atoms with E-state index in [1.165, 1.54) is 0 Å². The monoisotopic (exact) mass is 209 g/mol. The summed E-state index contributed by atoms with van der Waals surface area (Å²) in [6.45, 7) is 6.40. The number of rotatable bonds is 3. The average molecular weight is 209 g/mol. The molecule has 0 aromatic carbocycles. The van der Waals surface area contributed by atoms with Gasteiger partial charge >= 0.3 is 9.53 Å². The zero-order valence-electron chi connectivity index (χ0n) is 9.80. The van der Waals surface area contributed by atoms with Gasteiger partial charge in [0.15, 0.2) is 0 Å². The zero-order chi connectivity index (χ0) is 10.9. The van der Waals surface area contributed by atoms with Crippen molar-refractivity contribution >= 4 is 9.53 Å². The molecule has 0 spiro atoms. The van der Waals surface area contributed by atoms with Crippen molar-refractivity contribution in [2.75, 3.05) is 28.4 Å². The summed E-state index contributed by atoms with van der Waals surface area (Å²) in [5, 5.41) is 3.10. The van der Waals surface area contributed by atoms with E-state index in [-0.39, 0.29) is 0 Å². The Kier molecular flexibility index (Phi) is 10.3. The maximum absolute atomic E-state index is 4.74. The topological polar surface area (TPSA) is 39.7 Å². The van der Waals surface area contributed by atoms with E-state index in [1.54, 1.807) is 21.3 Å². The summed E-state index contributed by atoms with van der Waals surface area (Å²) < 4.78 is 14.2. The van der Waals surface area contributed by atoms with Crippen LogP contribution in [0.3, 0.4) is 0 Å². The zero-order valence-corrected chi connectivity index (χ0v) is 11.0. The fourth-order valence-electron chi connectivity index (χ4n) is 0.289. The molecule has 0 aliphatic rings. The van der Waals surface area contributed by atoms with Gasteiger partial charge in [0, 0.05) is 26.9 Å². The van der Waals surface area contributed by atoms with E-state index in [0.29, 0.717) is 5.54 Å². The Morgan fingerprint density at radius 1 is 0.923 bits per heavy atom. The molecular formula is C8H23NO3Si. The minimum Gasteiger partial charge on any atom is -0.379 e. The van der Waals surface area contributed by atoms with Gasteiger partial charge in [-0.2, -0.15) is 0 Å².